The molecule has 0 amide bonds. The van der Waals surface area contributed by atoms with Crippen molar-refractivity contribution < 1.29 is 18.7 Å². The maximum absolute atomic E-state index is 13.6. The van der Waals surface area contributed by atoms with E-state index in [2.05, 4.69) is 24.6 Å². The van der Waals surface area contributed by atoms with Crippen LogP contribution in [0.5, 0.6) is 0 Å². The quantitative estimate of drug-likeness (QED) is 0.180. The van der Waals surface area contributed by atoms with E-state index in [4.69, 9.17) is 14.6 Å². The summed E-state index contributed by atoms with van der Waals surface area (Å²) in [5.74, 6) is -0.740. The molecule has 0 atom stereocenters. The van der Waals surface area contributed by atoms with Gasteiger partial charge in [0, 0.05) is 43.8 Å². The Hall–Kier alpha value is -3.30. The first-order valence-corrected chi connectivity index (χ1v) is 15.0. The van der Waals surface area contributed by atoms with Crippen LogP contribution in [-0.2, 0) is 16.2 Å². The first-order valence-electron chi connectivity index (χ1n) is 11.3. The standard InChI is InChI=1S/C25H29FN4O3Si/c1-5-33-25(31)22-14-27-23-11-8-19(15-30(22)23)21-16-29(17-32-12-13-34(2,3)4)28-24(21)18-6-9-20(26)10-7-18/h6-11,14-16H,5,12-13,17H2,1-4H3. The van der Waals surface area contributed by atoms with Crippen molar-refractivity contribution in [2.45, 2.75) is 39.3 Å². The molecule has 3 heterocycles. The van der Waals surface area contributed by atoms with Gasteiger partial charge in [-0.05, 0) is 49.4 Å². The molecule has 0 spiro atoms. The second kappa shape index (κ2) is 9.90. The fourth-order valence-corrected chi connectivity index (χ4v) is 4.31. The normalized spacial score (nSPS) is 11.8. The van der Waals surface area contributed by atoms with Gasteiger partial charge in [-0.1, -0.05) is 19.6 Å². The van der Waals surface area contributed by atoms with E-state index < -0.39 is 14.0 Å². The Bertz CT molecular complexity index is 1290. The van der Waals surface area contributed by atoms with Crippen LogP contribution in [0.3, 0.4) is 0 Å². The summed E-state index contributed by atoms with van der Waals surface area (Å²) in [6, 6.07) is 11.1. The second-order valence-corrected chi connectivity index (χ2v) is 14.9. The van der Waals surface area contributed by atoms with Gasteiger partial charge in [-0.2, -0.15) is 5.10 Å². The summed E-state index contributed by atoms with van der Waals surface area (Å²) in [5.41, 5.74) is 4.15. The minimum Gasteiger partial charge on any atom is -0.461 e. The number of pyridine rings is 1. The van der Waals surface area contributed by atoms with Gasteiger partial charge in [0.15, 0.2) is 5.69 Å². The van der Waals surface area contributed by atoms with E-state index in [9.17, 15) is 9.18 Å². The molecule has 0 unspecified atom stereocenters. The molecule has 34 heavy (non-hydrogen) atoms. The maximum atomic E-state index is 13.6. The summed E-state index contributed by atoms with van der Waals surface area (Å²) < 4.78 is 28.1. The number of rotatable bonds is 9. The largest absolute Gasteiger partial charge is 0.461 e. The van der Waals surface area contributed by atoms with Crippen molar-refractivity contribution in [3.05, 3.63) is 66.5 Å². The Kier molecular flexibility index (Phi) is 6.94. The van der Waals surface area contributed by atoms with Crippen molar-refractivity contribution >= 4 is 19.7 Å². The van der Waals surface area contributed by atoms with Crippen molar-refractivity contribution in [2.75, 3.05) is 13.2 Å². The number of benzene rings is 1. The van der Waals surface area contributed by atoms with Crippen LogP contribution in [0.4, 0.5) is 4.39 Å². The van der Waals surface area contributed by atoms with Gasteiger partial charge in [0.2, 0.25) is 0 Å². The van der Waals surface area contributed by atoms with E-state index in [0.717, 1.165) is 22.7 Å². The lowest BCUT2D eigenvalue weighted by Crippen LogP contribution is -2.22. The Balaban J connectivity index is 1.71. The molecule has 9 heteroatoms. The van der Waals surface area contributed by atoms with Gasteiger partial charge in [-0.15, -0.1) is 0 Å². The Labute approximate surface area is 199 Å². The highest BCUT2D eigenvalue weighted by Crippen LogP contribution is 2.32. The number of hydrogen-bond donors (Lipinski definition) is 0. The zero-order chi connectivity index (χ0) is 24.3. The maximum Gasteiger partial charge on any atom is 0.356 e. The summed E-state index contributed by atoms with van der Waals surface area (Å²) in [7, 11) is -1.19. The average Bonchev–Trinajstić information content (AvgIpc) is 3.41. The molecule has 7 nitrogen and oxygen atoms in total. The summed E-state index contributed by atoms with van der Waals surface area (Å²) in [6.45, 7) is 9.98. The highest BCUT2D eigenvalue weighted by Gasteiger charge is 2.18. The van der Waals surface area contributed by atoms with Crippen LogP contribution in [0.15, 0.2) is 55.0 Å². The fraction of sp³-hybridized carbons (Fsp3) is 0.320. The van der Waals surface area contributed by atoms with E-state index in [1.165, 1.54) is 18.3 Å². The molecule has 0 aliphatic heterocycles. The summed E-state index contributed by atoms with van der Waals surface area (Å²) in [5, 5.41) is 4.74. The van der Waals surface area contributed by atoms with E-state index in [1.807, 2.05) is 24.5 Å². The predicted octanol–water partition coefficient (Wildman–Crippen LogP) is 5.49. The number of carbonyl (C=O) groups is 1. The average molecular weight is 481 g/mol. The van der Waals surface area contributed by atoms with E-state index in [0.29, 0.717) is 30.4 Å². The van der Waals surface area contributed by atoms with Crippen molar-refractivity contribution in [1.82, 2.24) is 19.2 Å². The van der Waals surface area contributed by atoms with Crippen molar-refractivity contribution in [2.24, 2.45) is 0 Å². The van der Waals surface area contributed by atoms with Gasteiger partial charge in [0.05, 0.1) is 12.8 Å². The van der Waals surface area contributed by atoms with Gasteiger partial charge in [0.25, 0.3) is 0 Å². The van der Waals surface area contributed by atoms with Gasteiger partial charge in [-0.25, -0.2) is 18.9 Å². The lowest BCUT2D eigenvalue weighted by molar-refractivity contribution is 0.0518. The topological polar surface area (TPSA) is 70.6 Å². The lowest BCUT2D eigenvalue weighted by Gasteiger charge is -2.15. The number of nitrogens with zero attached hydrogens (tertiary/aromatic N) is 4. The van der Waals surface area contributed by atoms with Gasteiger partial charge < -0.3 is 9.47 Å². The number of esters is 1. The van der Waals surface area contributed by atoms with Crippen LogP contribution in [0.25, 0.3) is 28.0 Å². The molecule has 0 saturated carbocycles. The minimum atomic E-state index is -1.19. The molecule has 1 aromatic carbocycles. The minimum absolute atomic E-state index is 0.283. The monoisotopic (exact) mass is 480 g/mol. The lowest BCUT2D eigenvalue weighted by atomic mass is 10.0. The highest BCUT2D eigenvalue weighted by atomic mass is 28.3. The fourth-order valence-electron chi connectivity index (χ4n) is 3.55. The van der Waals surface area contributed by atoms with Crippen LogP contribution in [0.1, 0.15) is 17.4 Å². The van der Waals surface area contributed by atoms with Gasteiger partial charge in [0.1, 0.15) is 23.9 Å². The van der Waals surface area contributed by atoms with Crippen LogP contribution in [0, 0.1) is 5.82 Å². The molecule has 0 N–H and O–H groups in total. The van der Waals surface area contributed by atoms with E-state index >= 15 is 0 Å². The zero-order valence-electron chi connectivity index (χ0n) is 19.9. The SMILES string of the molecule is CCOC(=O)c1cnc2ccc(-c3cn(COCC[Si](C)(C)C)nc3-c3ccc(F)cc3)cn12. The predicted molar refractivity (Wildman–Crippen MR) is 132 cm³/mol. The number of carbonyl (C=O) groups excluding carboxylic acids is 1. The van der Waals surface area contributed by atoms with Crippen molar-refractivity contribution in [3.8, 4) is 22.4 Å². The number of hydrogen-bond acceptors (Lipinski definition) is 5. The first kappa shape index (κ1) is 23.8. The van der Waals surface area contributed by atoms with Crippen LogP contribution in [-0.4, -0.2) is 46.4 Å². The van der Waals surface area contributed by atoms with Crippen LogP contribution < -0.4 is 0 Å². The number of halogens is 1. The third-order valence-electron chi connectivity index (χ3n) is 5.40. The summed E-state index contributed by atoms with van der Waals surface area (Å²) in [6.07, 6.45) is 5.26. The van der Waals surface area contributed by atoms with E-state index in [1.54, 1.807) is 28.1 Å². The Morgan fingerprint density at radius 1 is 1.06 bits per heavy atom. The Morgan fingerprint density at radius 2 is 1.79 bits per heavy atom. The highest BCUT2D eigenvalue weighted by molar-refractivity contribution is 6.76. The summed E-state index contributed by atoms with van der Waals surface area (Å²) >= 11 is 0. The Morgan fingerprint density at radius 3 is 2.50 bits per heavy atom. The third-order valence-corrected chi connectivity index (χ3v) is 7.10. The van der Waals surface area contributed by atoms with Crippen LogP contribution in [0.2, 0.25) is 25.7 Å². The molecule has 0 radical (unpaired) electrons. The number of ether oxygens (including phenoxy) is 2. The number of imidazole rings is 1. The molecule has 0 fully saturated rings. The summed E-state index contributed by atoms with van der Waals surface area (Å²) in [4.78, 5) is 16.7. The molecule has 4 rings (SSSR count). The van der Waals surface area contributed by atoms with Crippen molar-refractivity contribution in [3.63, 3.8) is 0 Å². The van der Waals surface area contributed by atoms with Gasteiger partial charge >= 0.3 is 5.97 Å². The smallest absolute Gasteiger partial charge is 0.356 e. The van der Waals surface area contributed by atoms with E-state index in [-0.39, 0.29) is 12.4 Å². The molecular weight excluding hydrogens is 451 g/mol. The molecule has 0 saturated heterocycles. The second-order valence-electron chi connectivity index (χ2n) is 9.30. The third kappa shape index (κ3) is 5.43. The molecular formula is C25H29FN4O3Si. The molecule has 3 aromatic heterocycles. The van der Waals surface area contributed by atoms with Crippen LogP contribution >= 0.6 is 0 Å². The molecule has 0 aliphatic carbocycles. The number of fused-ring (bicyclic) bond motifs is 1. The van der Waals surface area contributed by atoms with Gasteiger partial charge in [-0.3, -0.25) is 4.40 Å². The molecule has 0 bridgehead atoms. The molecule has 4 aromatic rings. The molecule has 178 valence electrons. The first-order chi connectivity index (χ1) is 16.2. The zero-order valence-corrected chi connectivity index (χ0v) is 20.9. The number of aromatic nitrogens is 4. The molecule has 0 aliphatic rings. The van der Waals surface area contributed by atoms with Crippen molar-refractivity contribution in [1.29, 1.82) is 0 Å².